The van der Waals surface area contributed by atoms with Crippen molar-refractivity contribution < 1.29 is 9.50 Å². The van der Waals surface area contributed by atoms with Gasteiger partial charge in [0, 0.05) is 23.0 Å². The number of hydrogen-bond acceptors (Lipinski definition) is 2. The zero-order valence-corrected chi connectivity index (χ0v) is 11.9. The minimum atomic E-state index is -0.869. The predicted molar refractivity (Wildman–Crippen MR) is 81.8 cm³/mol. The van der Waals surface area contributed by atoms with E-state index in [1.54, 1.807) is 18.3 Å². The summed E-state index contributed by atoms with van der Waals surface area (Å²) in [4.78, 5) is 4.25. The van der Waals surface area contributed by atoms with Crippen molar-refractivity contribution in [1.82, 2.24) is 4.98 Å². The maximum Gasteiger partial charge on any atom is 0.127 e. The molecule has 0 saturated carbocycles. The largest absolute Gasteiger partial charge is 0.386 e. The zero-order chi connectivity index (χ0) is 14.8. The number of fused-ring (bicyclic) bond motifs is 1. The highest BCUT2D eigenvalue weighted by molar-refractivity contribution is 6.30. The third kappa shape index (κ3) is 2.89. The second-order valence-electron chi connectivity index (χ2n) is 4.87. The van der Waals surface area contributed by atoms with E-state index in [0.29, 0.717) is 16.3 Å². The fraction of sp³-hybridized carbons (Fsp3) is 0.118. The lowest BCUT2D eigenvalue weighted by atomic mass is 10.0. The number of aliphatic hydroxyl groups is 1. The van der Waals surface area contributed by atoms with Crippen LogP contribution in [0.1, 0.15) is 17.4 Å². The monoisotopic (exact) mass is 301 g/mol. The van der Waals surface area contributed by atoms with E-state index in [1.807, 2.05) is 30.3 Å². The minimum absolute atomic E-state index is 0.157. The molecule has 2 nitrogen and oxygen atoms in total. The molecule has 0 aliphatic rings. The van der Waals surface area contributed by atoms with Gasteiger partial charge in [0.25, 0.3) is 0 Å². The van der Waals surface area contributed by atoms with Crippen LogP contribution in [0, 0.1) is 5.82 Å². The second-order valence-corrected chi connectivity index (χ2v) is 5.31. The first-order valence-electron chi connectivity index (χ1n) is 6.61. The molecule has 3 rings (SSSR count). The number of aromatic nitrogens is 1. The maximum absolute atomic E-state index is 13.8. The summed E-state index contributed by atoms with van der Waals surface area (Å²) >= 11 is 5.73. The fourth-order valence-corrected chi connectivity index (χ4v) is 2.56. The van der Waals surface area contributed by atoms with Crippen LogP contribution in [0.25, 0.3) is 10.8 Å². The molecule has 0 radical (unpaired) electrons. The Bertz CT molecular complexity index is 785. The first-order valence-corrected chi connectivity index (χ1v) is 6.98. The van der Waals surface area contributed by atoms with E-state index >= 15 is 0 Å². The molecule has 3 aromatic rings. The molecule has 0 saturated heterocycles. The van der Waals surface area contributed by atoms with Crippen molar-refractivity contribution in [1.29, 1.82) is 0 Å². The maximum atomic E-state index is 13.8. The highest BCUT2D eigenvalue weighted by Crippen LogP contribution is 2.26. The van der Waals surface area contributed by atoms with Gasteiger partial charge in [-0.1, -0.05) is 41.9 Å². The van der Waals surface area contributed by atoms with E-state index in [-0.39, 0.29) is 6.42 Å². The highest BCUT2D eigenvalue weighted by Gasteiger charge is 2.15. The average molecular weight is 302 g/mol. The second kappa shape index (κ2) is 5.80. The summed E-state index contributed by atoms with van der Waals surface area (Å²) in [6.07, 6.45) is 0.940. The van der Waals surface area contributed by atoms with Gasteiger partial charge in [-0.2, -0.15) is 0 Å². The predicted octanol–water partition coefficient (Wildman–Crippen LogP) is 4.30. The summed E-state index contributed by atoms with van der Waals surface area (Å²) in [5.74, 6) is -0.415. The average Bonchev–Trinajstić information content (AvgIpc) is 2.49. The first kappa shape index (κ1) is 14.0. The van der Waals surface area contributed by atoms with Crippen molar-refractivity contribution in [3.8, 4) is 0 Å². The summed E-state index contributed by atoms with van der Waals surface area (Å²) in [7, 11) is 0. The molecule has 0 aliphatic heterocycles. The lowest BCUT2D eigenvalue weighted by Gasteiger charge is -2.13. The van der Waals surface area contributed by atoms with Crippen molar-refractivity contribution in [3.05, 3.63) is 76.8 Å². The minimum Gasteiger partial charge on any atom is -0.386 e. The van der Waals surface area contributed by atoms with E-state index in [1.165, 1.54) is 6.07 Å². The first-order chi connectivity index (χ1) is 10.1. The number of pyridine rings is 1. The Labute approximate surface area is 126 Å². The van der Waals surface area contributed by atoms with Gasteiger partial charge in [0.15, 0.2) is 0 Å². The van der Waals surface area contributed by atoms with E-state index < -0.39 is 11.9 Å². The summed E-state index contributed by atoms with van der Waals surface area (Å²) in [5, 5.41) is 12.6. The molecule has 21 heavy (non-hydrogen) atoms. The Morgan fingerprint density at radius 3 is 2.76 bits per heavy atom. The number of aliphatic hydroxyl groups excluding tert-OH is 1. The molecule has 1 unspecified atom stereocenters. The molecule has 0 bridgehead atoms. The zero-order valence-electron chi connectivity index (χ0n) is 11.1. The third-order valence-electron chi connectivity index (χ3n) is 3.45. The van der Waals surface area contributed by atoms with Crippen molar-refractivity contribution in [2.75, 3.05) is 0 Å². The summed E-state index contributed by atoms with van der Waals surface area (Å²) < 4.78 is 13.8. The summed E-state index contributed by atoms with van der Waals surface area (Å²) in [5.41, 5.74) is 0.976. The Morgan fingerprint density at radius 2 is 1.95 bits per heavy atom. The summed E-state index contributed by atoms with van der Waals surface area (Å²) in [6, 6.07) is 14.0. The third-order valence-corrected chi connectivity index (χ3v) is 3.68. The molecular weight excluding hydrogens is 289 g/mol. The SMILES string of the molecule is OC(Cc1ccc(Cl)cc1F)c1nccc2ccccc12. The number of hydrogen-bond donors (Lipinski definition) is 1. The number of halogens is 2. The fourth-order valence-electron chi connectivity index (χ4n) is 2.40. The molecule has 1 N–H and O–H groups in total. The smallest absolute Gasteiger partial charge is 0.127 e. The molecule has 0 fully saturated rings. The summed E-state index contributed by atoms with van der Waals surface area (Å²) in [6.45, 7) is 0. The van der Waals surface area contributed by atoms with Gasteiger partial charge in [-0.05, 0) is 29.1 Å². The van der Waals surface area contributed by atoms with Crippen LogP contribution in [0.3, 0.4) is 0 Å². The number of benzene rings is 2. The van der Waals surface area contributed by atoms with Crippen LogP contribution in [-0.2, 0) is 6.42 Å². The van der Waals surface area contributed by atoms with Crippen LogP contribution in [0.4, 0.5) is 4.39 Å². The van der Waals surface area contributed by atoms with Crippen LogP contribution in [0.2, 0.25) is 5.02 Å². The van der Waals surface area contributed by atoms with Gasteiger partial charge < -0.3 is 5.11 Å². The van der Waals surface area contributed by atoms with Gasteiger partial charge in [-0.15, -0.1) is 0 Å². The van der Waals surface area contributed by atoms with Crippen molar-refractivity contribution in [2.45, 2.75) is 12.5 Å². The quantitative estimate of drug-likeness (QED) is 0.782. The van der Waals surface area contributed by atoms with E-state index in [9.17, 15) is 9.50 Å². The lowest BCUT2D eigenvalue weighted by molar-refractivity contribution is 0.174. The van der Waals surface area contributed by atoms with Gasteiger partial charge in [0.1, 0.15) is 11.9 Å². The van der Waals surface area contributed by atoms with Gasteiger partial charge in [-0.25, -0.2) is 4.39 Å². The molecule has 0 spiro atoms. The van der Waals surface area contributed by atoms with Crippen LogP contribution < -0.4 is 0 Å². The van der Waals surface area contributed by atoms with Crippen LogP contribution >= 0.6 is 11.6 Å². The number of rotatable bonds is 3. The molecule has 2 aromatic carbocycles. The molecule has 1 aromatic heterocycles. The Morgan fingerprint density at radius 1 is 1.14 bits per heavy atom. The highest BCUT2D eigenvalue weighted by atomic mass is 35.5. The molecule has 0 amide bonds. The van der Waals surface area contributed by atoms with E-state index in [2.05, 4.69) is 4.98 Å². The number of nitrogens with zero attached hydrogens (tertiary/aromatic N) is 1. The molecule has 106 valence electrons. The molecule has 1 atom stereocenters. The van der Waals surface area contributed by atoms with Gasteiger partial charge in [0.2, 0.25) is 0 Å². The molecule has 1 heterocycles. The van der Waals surface area contributed by atoms with Crippen LogP contribution in [-0.4, -0.2) is 10.1 Å². The van der Waals surface area contributed by atoms with Gasteiger partial charge in [-0.3, -0.25) is 4.98 Å². The van der Waals surface area contributed by atoms with Gasteiger partial charge in [0.05, 0.1) is 5.69 Å². The van der Waals surface area contributed by atoms with E-state index in [0.717, 1.165) is 10.8 Å². The van der Waals surface area contributed by atoms with Crippen molar-refractivity contribution >= 4 is 22.4 Å². The van der Waals surface area contributed by atoms with Crippen molar-refractivity contribution in [2.24, 2.45) is 0 Å². The standard InChI is InChI=1S/C17H13ClFNO/c18-13-6-5-12(15(19)10-13)9-16(21)17-14-4-2-1-3-11(14)7-8-20-17/h1-8,10,16,21H,9H2. The Hall–Kier alpha value is -1.97. The van der Waals surface area contributed by atoms with E-state index in [4.69, 9.17) is 11.6 Å². The topological polar surface area (TPSA) is 33.1 Å². The lowest BCUT2D eigenvalue weighted by Crippen LogP contribution is -2.06. The normalized spacial score (nSPS) is 12.5. The van der Waals surface area contributed by atoms with Crippen molar-refractivity contribution in [3.63, 3.8) is 0 Å². The molecular formula is C17H13ClFNO. The van der Waals surface area contributed by atoms with Gasteiger partial charge >= 0.3 is 0 Å². The van der Waals surface area contributed by atoms with Crippen LogP contribution in [0.5, 0.6) is 0 Å². The molecule has 4 heteroatoms. The molecule has 0 aliphatic carbocycles. The Kier molecular flexibility index (Phi) is 3.86. The Balaban J connectivity index is 1.95. The van der Waals surface area contributed by atoms with Crippen LogP contribution in [0.15, 0.2) is 54.7 Å².